The van der Waals surface area contributed by atoms with Crippen LogP contribution in [-0.2, 0) is 4.74 Å². The van der Waals surface area contributed by atoms with Gasteiger partial charge in [0.25, 0.3) is 6.43 Å². The zero-order valence-electron chi connectivity index (χ0n) is 8.41. The number of carbonyl (C=O) groups is 1. The lowest BCUT2D eigenvalue weighted by atomic mass is 10.1. The van der Waals surface area contributed by atoms with Gasteiger partial charge in [0.05, 0.1) is 18.5 Å². The Hall–Kier alpha value is -1.92. The number of aromatic nitrogens is 1. The summed E-state index contributed by atoms with van der Waals surface area (Å²) in [6, 6.07) is 0. The number of nitrogen functional groups attached to an aromatic ring is 1. The van der Waals surface area contributed by atoms with Crippen LogP contribution in [0.5, 0.6) is 5.75 Å². The largest absolute Gasteiger partial charge is 0.505 e. The molecule has 88 valence electrons. The number of hydrogen-bond acceptors (Lipinski definition) is 5. The van der Waals surface area contributed by atoms with Crippen LogP contribution in [0.25, 0.3) is 0 Å². The van der Waals surface area contributed by atoms with E-state index in [1.54, 1.807) is 6.92 Å². The summed E-state index contributed by atoms with van der Waals surface area (Å²) in [6.07, 6.45) is -2.11. The Morgan fingerprint density at radius 2 is 2.31 bits per heavy atom. The van der Waals surface area contributed by atoms with Gasteiger partial charge in [-0.25, -0.2) is 18.6 Å². The van der Waals surface area contributed by atoms with E-state index in [1.807, 2.05) is 0 Å². The monoisotopic (exact) mass is 232 g/mol. The summed E-state index contributed by atoms with van der Waals surface area (Å²) >= 11 is 0. The van der Waals surface area contributed by atoms with Crippen molar-refractivity contribution in [2.75, 3.05) is 12.3 Å². The smallest absolute Gasteiger partial charge is 0.344 e. The van der Waals surface area contributed by atoms with E-state index < -0.39 is 29.4 Å². The third-order valence-corrected chi connectivity index (χ3v) is 1.80. The van der Waals surface area contributed by atoms with Crippen molar-refractivity contribution in [3.05, 3.63) is 17.5 Å². The fourth-order valence-corrected chi connectivity index (χ4v) is 1.11. The zero-order valence-corrected chi connectivity index (χ0v) is 8.41. The average molecular weight is 232 g/mol. The third kappa shape index (κ3) is 2.18. The van der Waals surface area contributed by atoms with Gasteiger partial charge in [0.1, 0.15) is 11.3 Å². The molecule has 0 saturated carbocycles. The van der Waals surface area contributed by atoms with Gasteiger partial charge in [0.15, 0.2) is 5.75 Å². The molecule has 3 N–H and O–H groups in total. The molecule has 1 aromatic heterocycles. The molecule has 0 unspecified atom stereocenters. The fraction of sp³-hybridized carbons (Fsp3) is 0.333. The van der Waals surface area contributed by atoms with Gasteiger partial charge in [0, 0.05) is 0 Å². The lowest BCUT2D eigenvalue weighted by molar-refractivity contribution is 0.0523. The van der Waals surface area contributed by atoms with Gasteiger partial charge in [-0.2, -0.15) is 0 Å². The summed E-state index contributed by atoms with van der Waals surface area (Å²) in [6.45, 7) is 1.59. The van der Waals surface area contributed by atoms with E-state index in [9.17, 15) is 18.7 Å². The van der Waals surface area contributed by atoms with Crippen LogP contribution in [-0.4, -0.2) is 22.7 Å². The number of anilines is 1. The van der Waals surface area contributed by atoms with Crippen LogP contribution in [0.4, 0.5) is 14.5 Å². The highest BCUT2D eigenvalue weighted by atomic mass is 19.3. The summed E-state index contributed by atoms with van der Waals surface area (Å²) in [4.78, 5) is 14.6. The third-order valence-electron chi connectivity index (χ3n) is 1.80. The highest BCUT2D eigenvalue weighted by Crippen LogP contribution is 2.32. The molecule has 0 aliphatic carbocycles. The predicted molar refractivity (Wildman–Crippen MR) is 51.2 cm³/mol. The van der Waals surface area contributed by atoms with Gasteiger partial charge in [-0.15, -0.1) is 0 Å². The Bertz CT molecular complexity index is 410. The van der Waals surface area contributed by atoms with E-state index in [0.717, 1.165) is 6.20 Å². The van der Waals surface area contributed by atoms with Crippen LogP contribution in [0.1, 0.15) is 29.4 Å². The number of halogens is 2. The average Bonchev–Trinajstić information content (AvgIpc) is 2.17. The molecule has 0 spiro atoms. The SMILES string of the molecule is CCOC(=O)c1c(N)cnc(C(F)F)c1O. The normalized spacial score (nSPS) is 10.5. The molecule has 0 aliphatic heterocycles. The first-order chi connectivity index (χ1) is 7.49. The van der Waals surface area contributed by atoms with Crippen molar-refractivity contribution < 1.29 is 23.4 Å². The van der Waals surface area contributed by atoms with Crippen molar-refractivity contribution in [3.8, 4) is 5.75 Å². The Morgan fingerprint density at radius 3 is 2.81 bits per heavy atom. The molecular formula is C9H10F2N2O3. The quantitative estimate of drug-likeness (QED) is 0.771. The molecule has 0 fully saturated rings. The topological polar surface area (TPSA) is 85.4 Å². The van der Waals surface area contributed by atoms with Crippen LogP contribution in [0.2, 0.25) is 0 Å². The van der Waals surface area contributed by atoms with E-state index in [1.165, 1.54) is 0 Å². The highest BCUT2D eigenvalue weighted by Gasteiger charge is 2.24. The number of carbonyl (C=O) groups excluding carboxylic acids is 1. The number of nitrogens with two attached hydrogens (primary N) is 1. The maximum atomic E-state index is 12.4. The number of hydrogen-bond donors (Lipinski definition) is 2. The molecule has 16 heavy (non-hydrogen) atoms. The maximum absolute atomic E-state index is 12.4. The molecule has 0 aliphatic rings. The van der Waals surface area contributed by atoms with Crippen molar-refractivity contribution in [2.45, 2.75) is 13.3 Å². The van der Waals surface area contributed by atoms with Crippen LogP contribution in [0.15, 0.2) is 6.20 Å². The number of alkyl halides is 2. The van der Waals surface area contributed by atoms with E-state index in [0.29, 0.717) is 0 Å². The van der Waals surface area contributed by atoms with Crippen LogP contribution in [0, 0.1) is 0 Å². The van der Waals surface area contributed by atoms with Crippen molar-refractivity contribution in [3.63, 3.8) is 0 Å². The lowest BCUT2D eigenvalue weighted by Crippen LogP contribution is -2.10. The van der Waals surface area contributed by atoms with E-state index in [-0.39, 0.29) is 12.3 Å². The molecular weight excluding hydrogens is 222 g/mol. The summed E-state index contributed by atoms with van der Waals surface area (Å²) < 4.78 is 29.3. The van der Waals surface area contributed by atoms with Crippen molar-refractivity contribution >= 4 is 11.7 Å². The van der Waals surface area contributed by atoms with Gasteiger partial charge < -0.3 is 15.6 Å². The van der Waals surface area contributed by atoms with Crippen molar-refractivity contribution in [1.82, 2.24) is 4.98 Å². The standard InChI is InChI=1S/C9H10F2N2O3/c1-2-16-9(15)5-4(12)3-13-6(7(5)14)8(10)11/h3,8,14H,2,12H2,1H3. The fourth-order valence-electron chi connectivity index (χ4n) is 1.11. The summed E-state index contributed by atoms with van der Waals surface area (Å²) in [5.41, 5.74) is 3.77. The van der Waals surface area contributed by atoms with Gasteiger partial charge in [0.2, 0.25) is 0 Å². The number of pyridine rings is 1. The number of ether oxygens (including phenoxy) is 1. The first-order valence-corrected chi connectivity index (χ1v) is 4.41. The minimum Gasteiger partial charge on any atom is -0.505 e. The molecule has 0 amide bonds. The zero-order chi connectivity index (χ0) is 12.3. The van der Waals surface area contributed by atoms with Crippen LogP contribution in [0.3, 0.4) is 0 Å². The first-order valence-electron chi connectivity index (χ1n) is 4.41. The maximum Gasteiger partial charge on any atom is 0.344 e. The molecule has 0 atom stereocenters. The van der Waals surface area contributed by atoms with Gasteiger partial charge in [-0.1, -0.05) is 0 Å². The van der Waals surface area contributed by atoms with E-state index in [4.69, 9.17) is 5.73 Å². The molecule has 1 heterocycles. The van der Waals surface area contributed by atoms with Gasteiger partial charge in [-0.05, 0) is 6.92 Å². The van der Waals surface area contributed by atoms with Crippen LogP contribution < -0.4 is 5.73 Å². The van der Waals surface area contributed by atoms with Crippen molar-refractivity contribution in [2.24, 2.45) is 0 Å². The van der Waals surface area contributed by atoms with E-state index >= 15 is 0 Å². The summed E-state index contributed by atoms with van der Waals surface area (Å²) in [7, 11) is 0. The Labute approximate surface area is 89.9 Å². The molecule has 0 bridgehead atoms. The Morgan fingerprint density at radius 1 is 1.69 bits per heavy atom. The van der Waals surface area contributed by atoms with Crippen LogP contribution >= 0.6 is 0 Å². The minimum absolute atomic E-state index is 0.0457. The summed E-state index contributed by atoms with van der Waals surface area (Å²) in [5, 5.41) is 9.41. The second-order valence-electron chi connectivity index (χ2n) is 2.84. The molecule has 5 nitrogen and oxygen atoms in total. The molecule has 1 aromatic rings. The number of esters is 1. The molecule has 0 saturated heterocycles. The van der Waals surface area contributed by atoms with Crippen molar-refractivity contribution in [1.29, 1.82) is 0 Å². The summed E-state index contributed by atoms with van der Waals surface area (Å²) in [5.74, 6) is -1.89. The first kappa shape index (κ1) is 12.2. The minimum atomic E-state index is -2.99. The molecule has 1 rings (SSSR count). The number of rotatable bonds is 3. The second kappa shape index (κ2) is 4.73. The Balaban J connectivity index is 3.26. The van der Waals surface area contributed by atoms with Gasteiger partial charge in [-0.3, -0.25) is 0 Å². The van der Waals surface area contributed by atoms with E-state index in [2.05, 4.69) is 9.72 Å². The molecule has 0 aromatic carbocycles. The number of nitrogens with zero attached hydrogens (tertiary/aromatic N) is 1. The number of aromatic hydroxyl groups is 1. The Kier molecular flexibility index (Phi) is 3.60. The highest BCUT2D eigenvalue weighted by molar-refractivity contribution is 5.98. The lowest BCUT2D eigenvalue weighted by Gasteiger charge is -2.09. The molecule has 0 radical (unpaired) electrons. The second-order valence-corrected chi connectivity index (χ2v) is 2.84. The van der Waals surface area contributed by atoms with Gasteiger partial charge >= 0.3 is 5.97 Å². The predicted octanol–water partition coefficient (Wildman–Crippen LogP) is 1.48. The molecule has 7 heteroatoms.